The minimum absolute atomic E-state index is 0.00198. The Morgan fingerprint density at radius 2 is 1.92 bits per heavy atom. The van der Waals surface area contributed by atoms with Gasteiger partial charge in [0.1, 0.15) is 0 Å². The van der Waals surface area contributed by atoms with Crippen molar-refractivity contribution in [3.05, 3.63) is 0 Å². The van der Waals surface area contributed by atoms with Gasteiger partial charge >= 0.3 is 0 Å². The fourth-order valence-corrected chi connectivity index (χ4v) is 1.95. The van der Waals surface area contributed by atoms with Gasteiger partial charge in [-0.25, -0.2) is 0 Å². The molecule has 0 aromatic heterocycles. The van der Waals surface area contributed by atoms with Crippen LogP contribution in [0.4, 0.5) is 0 Å². The highest BCUT2D eigenvalue weighted by Gasteiger charge is 2.28. The van der Waals surface area contributed by atoms with E-state index in [1.165, 1.54) is 12.8 Å². The first kappa shape index (κ1) is 11.6. The van der Waals surface area contributed by atoms with Crippen molar-refractivity contribution in [1.82, 2.24) is 0 Å². The Morgan fingerprint density at radius 3 is 2.31 bits per heavy atom. The van der Waals surface area contributed by atoms with Crippen molar-refractivity contribution >= 4 is 23.2 Å². The van der Waals surface area contributed by atoms with Gasteiger partial charge in [0.25, 0.3) is 0 Å². The van der Waals surface area contributed by atoms with Crippen molar-refractivity contribution in [2.24, 2.45) is 11.3 Å². The molecule has 0 heterocycles. The summed E-state index contributed by atoms with van der Waals surface area (Å²) in [4.78, 5) is 0. The molecule has 13 heavy (non-hydrogen) atoms. The van der Waals surface area contributed by atoms with Crippen molar-refractivity contribution < 1.29 is 4.74 Å². The molecule has 0 aliphatic heterocycles. The Morgan fingerprint density at radius 1 is 1.31 bits per heavy atom. The molecule has 0 radical (unpaired) electrons. The molecular formula is C10H18Cl2O. The van der Waals surface area contributed by atoms with Gasteiger partial charge in [-0.1, -0.05) is 6.92 Å². The van der Waals surface area contributed by atoms with E-state index in [2.05, 4.69) is 6.92 Å². The minimum Gasteiger partial charge on any atom is -0.380 e. The van der Waals surface area contributed by atoms with Gasteiger partial charge in [0.15, 0.2) is 0 Å². The molecule has 0 aromatic rings. The van der Waals surface area contributed by atoms with Crippen LogP contribution in [-0.2, 0) is 4.74 Å². The van der Waals surface area contributed by atoms with E-state index in [1.54, 1.807) is 0 Å². The van der Waals surface area contributed by atoms with Crippen LogP contribution in [0.1, 0.15) is 26.2 Å². The van der Waals surface area contributed by atoms with Crippen LogP contribution in [0.2, 0.25) is 0 Å². The maximum Gasteiger partial charge on any atom is 0.0545 e. The van der Waals surface area contributed by atoms with Crippen LogP contribution in [0.15, 0.2) is 0 Å². The Labute approximate surface area is 90.7 Å². The summed E-state index contributed by atoms with van der Waals surface area (Å²) < 4.78 is 5.63. The highest BCUT2D eigenvalue weighted by molar-refractivity contribution is 6.21. The summed E-state index contributed by atoms with van der Waals surface area (Å²) in [7, 11) is 0. The maximum absolute atomic E-state index is 5.89. The zero-order valence-corrected chi connectivity index (χ0v) is 9.70. The number of alkyl halides is 2. The Bertz CT molecular complexity index is 134. The predicted octanol–water partition coefficient (Wildman–Crippen LogP) is 3.29. The molecule has 0 spiro atoms. The van der Waals surface area contributed by atoms with E-state index in [4.69, 9.17) is 27.9 Å². The minimum atomic E-state index is -0.00198. The van der Waals surface area contributed by atoms with Crippen molar-refractivity contribution in [1.29, 1.82) is 0 Å². The summed E-state index contributed by atoms with van der Waals surface area (Å²) in [5.74, 6) is 2.01. The smallest absolute Gasteiger partial charge is 0.0545 e. The number of hydrogen-bond acceptors (Lipinski definition) is 1. The van der Waals surface area contributed by atoms with Crippen LogP contribution in [0.5, 0.6) is 0 Å². The lowest BCUT2D eigenvalue weighted by Crippen LogP contribution is -2.30. The molecule has 1 aliphatic rings. The van der Waals surface area contributed by atoms with Crippen LogP contribution >= 0.6 is 23.2 Å². The molecule has 0 bridgehead atoms. The molecule has 1 aliphatic carbocycles. The predicted molar refractivity (Wildman–Crippen MR) is 57.7 cm³/mol. The fourth-order valence-electron chi connectivity index (χ4n) is 1.13. The van der Waals surface area contributed by atoms with Gasteiger partial charge in [0, 0.05) is 23.8 Å². The molecule has 0 atom stereocenters. The van der Waals surface area contributed by atoms with E-state index in [9.17, 15) is 0 Å². The fraction of sp³-hybridized carbons (Fsp3) is 1.00. The zero-order valence-electron chi connectivity index (χ0n) is 8.19. The SMILES string of the molecule is CCC(CCl)(CCl)COCC1CC1. The summed E-state index contributed by atoms with van der Waals surface area (Å²) in [6.07, 6.45) is 3.66. The third kappa shape index (κ3) is 3.65. The van der Waals surface area contributed by atoms with E-state index in [-0.39, 0.29) is 5.41 Å². The number of hydrogen-bond donors (Lipinski definition) is 0. The average Bonchev–Trinajstić information content (AvgIpc) is 2.97. The molecule has 0 unspecified atom stereocenters. The number of halogens is 2. The average molecular weight is 225 g/mol. The van der Waals surface area contributed by atoms with Crippen molar-refractivity contribution in [3.63, 3.8) is 0 Å². The first-order valence-corrected chi connectivity index (χ1v) is 6.03. The highest BCUT2D eigenvalue weighted by atomic mass is 35.5. The molecule has 0 N–H and O–H groups in total. The van der Waals surface area contributed by atoms with Gasteiger partial charge in [-0.05, 0) is 25.2 Å². The van der Waals surface area contributed by atoms with Crippen LogP contribution in [0, 0.1) is 11.3 Å². The van der Waals surface area contributed by atoms with Gasteiger partial charge in [-0.2, -0.15) is 0 Å². The van der Waals surface area contributed by atoms with Gasteiger partial charge in [0.2, 0.25) is 0 Å². The summed E-state index contributed by atoms with van der Waals surface area (Å²) >= 11 is 11.8. The van der Waals surface area contributed by atoms with Crippen LogP contribution in [0.3, 0.4) is 0 Å². The molecule has 78 valence electrons. The molecule has 0 aromatic carbocycles. The lowest BCUT2D eigenvalue weighted by Gasteiger charge is -2.27. The lowest BCUT2D eigenvalue weighted by molar-refractivity contribution is 0.0573. The monoisotopic (exact) mass is 224 g/mol. The Kier molecular flexibility index (Phi) is 4.85. The molecule has 3 heteroatoms. The second-order valence-electron chi connectivity index (χ2n) is 4.08. The number of ether oxygens (including phenoxy) is 1. The molecule has 1 fully saturated rings. The maximum atomic E-state index is 5.89. The Balaban J connectivity index is 2.19. The first-order valence-electron chi connectivity index (χ1n) is 4.96. The largest absolute Gasteiger partial charge is 0.380 e. The molecule has 1 nitrogen and oxygen atoms in total. The standard InChI is InChI=1S/C10H18Cl2O/c1-2-10(6-11,7-12)8-13-5-9-3-4-9/h9H,2-8H2,1H3. The quantitative estimate of drug-likeness (QED) is 0.604. The van der Waals surface area contributed by atoms with E-state index in [1.807, 2.05) is 0 Å². The molecule has 1 saturated carbocycles. The normalized spacial score (nSPS) is 17.8. The lowest BCUT2D eigenvalue weighted by atomic mass is 9.91. The van der Waals surface area contributed by atoms with Crippen molar-refractivity contribution in [2.45, 2.75) is 26.2 Å². The summed E-state index contributed by atoms with van der Waals surface area (Å²) in [5.41, 5.74) is -0.00198. The van der Waals surface area contributed by atoms with E-state index in [0.717, 1.165) is 18.9 Å². The molecule has 0 amide bonds. The second-order valence-corrected chi connectivity index (χ2v) is 4.61. The summed E-state index contributed by atoms with van der Waals surface area (Å²) in [6, 6.07) is 0. The molecular weight excluding hydrogens is 207 g/mol. The van der Waals surface area contributed by atoms with Crippen LogP contribution in [-0.4, -0.2) is 25.0 Å². The van der Waals surface area contributed by atoms with Crippen LogP contribution in [0.25, 0.3) is 0 Å². The topological polar surface area (TPSA) is 9.23 Å². The third-order valence-electron chi connectivity index (χ3n) is 2.78. The molecule has 0 saturated heterocycles. The number of rotatable bonds is 7. The Hall–Kier alpha value is 0.540. The van der Waals surface area contributed by atoms with Gasteiger partial charge in [0.05, 0.1) is 6.61 Å². The van der Waals surface area contributed by atoms with Crippen molar-refractivity contribution in [3.8, 4) is 0 Å². The highest BCUT2D eigenvalue weighted by Crippen LogP contribution is 2.31. The van der Waals surface area contributed by atoms with Crippen LogP contribution < -0.4 is 0 Å². The molecule has 1 rings (SSSR count). The summed E-state index contributed by atoms with van der Waals surface area (Å²) in [6.45, 7) is 3.73. The third-order valence-corrected chi connectivity index (χ3v) is 3.91. The van der Waals surface area contributed by atoms with E-state index < -0.39 is 0 Å². The zero-order chi connectivity index (χ0) is 9.73. The van der Waals surface area contributed by atoms with Crippen molar-refractivity contribution in [2.75, 3.05) is 25.0 Å². The van der Waals surface area contributed by atoms with Gasteiger partial charge in [-0.3, -0.25) is 0 Å². The summed E-state index contributed by atoms with van der Waals surface area (Å²) in [5, 5.41) is 0. The second kappa shape index (κ2) is 5.43. The van der Waals surface area contributed by atoms with Gasteiger partial charge in [-0.15, -0.1) is 23.2 Å². The van der Waals surface area contributed by atoms with E-state index >= 15 is 0 Å². The van der Waals surface area contributed by atoms with E-state index in [0.29, 0.717) is 18.4 Å². The first-order chi connectivity index (χ1) is 6.26. The van der Waals surface area contributed by atoms with Gasteiger partial charge < -0.3 is 4.74 Å².